The number of anilines is 1. The van der Waals surface area contributed by atoms with Crippen LogP contribution in [0.4, 0.5) is 5.69 Å². The third kappa shape index (κ3) is 13.5. The third-order valence-electron chi connectivity index (χ3n) is 11.0. The second-order valence-electron chi connectivity index (χ2n) is 18.1. The van der Waals surface area contributed by atoms with Gasteiger partial charge in [0.15, 0.2) is 8.32 Å². The van der Waals surface area contributed by atoms with E-state index in [-0.39, 0.29) is 41.2 Å². The summed E-state index contributed by atoms with van der Waals surface area (Å²) in [6, 6.07) is 37.2. The molecule has 1 amide bonds. The summed E-state index contributed by atoms with van der Waals surface area (Å²) >= 11 is 0. The van der Waals surface area contributed by atoms with Gasteiger partial charge in [0.05, 0.1) is 25.0 Å². The first-order chi connectivity index (χ1) is 28.9. The van der Waals surface area contributed by atoms with Crippen LogP contribution >= 0.6 is 0 Å². The minimum Gasteiger partial charge on any atom is -0.508 e. The van der Waals surface area contributed by atoms with E-state index in [2.05, 4.69) is 58.3 Å². The van der Waals surface area contributed by atoms with E-state index in [1.165, 1.54) is 0 Å². The molecule has 0 heterocycles. The van der Waals surface area contributed by atoms with E-state index in [1.807, 2.05) is 91.0 Å². The quantitative estimate of drug-likeness (QED) is 0.0691. The van der Waals surface area contributed by atoms with Crippen LogP contribution in [0.25, 0.3) is 11.1 Å². The highest BCUT2D eigenvalue weighted by atomic mass is 32.3. The maximum absolute atomic E-state index is 13.1. The number of benzene rings is 5. The third-order valence-corrected chi connectivity index (χ3v) is 18.7. The number of nitrogens with one attached hydrogen (secondary N) is 2. The fourth-order valence-electron chi connectivity index (χ4n) is 6.85. The molecule has 0 unspecified atom stereocenters. The van der Waals surface area contributed by atoms with Gasteiger partial charge in [0, 0.05) is 18.6 Å². The molecule has 0 fully saturated rings. The second-order valence-corrected chi connectivity index (χ2v) is 26.7. The molecule has 5 aromatic carbocycles. The van der Waals surface area contributed by atoms with E-state index < -0.39 is 40.0 Å². The molecule has 3 N–H and O–H groups in total. The van der Waals surface area contributed by atoms with Gasteiger partial charge in [0.25, 0.3) is 0 Å². The van der Waals surface area contributed by atoms with Crippen molar-refractivity contribution >= 4 is 40.0 Å². The normalized spacial score (nSPS) is 13.0. The van der Waals surface area contributed by atoms with Crippen molar-refractivity contribution in [1.82, 2.24) is 10.6 Å². The Labute approximate surface area is 369 Å². The van der Waals surface area contributed by atoms with Gasteiger partial charge in [-0.25, -0.2) is 16.8 Å². The summed E-state index contributed by atoms with van der Waals surface area (Å²) < 4.78 is 66.1. The van der Waals surface area contributed by atoms with Crippen molar-refractivity contribution < 1.29 is 35.9 Å². The molecule has 0 aliphatic carbocycles. The van der Waals surface area contributed by atoms with Crippen LogP contribution < -0.4 is 19.1 Å². The molecule has 332 valence electrons. The van der Waals surface area contributed by atoms with Crippen LogP contribution in [0.1, 0.15) is 68.5 Å². The van der Waals surface area contributed by atoms with E-state index in [0.717, 1.165) is 45.9 Å². The zero-order chi connectivity index (χ0) is 45.5. The Morgan fingerprint density at radius 1 is 0.726 bits per heavy atom. The minimum atomic E-state index is -4.31. The zero-order valence-corrected chi connectivity index (χ0v) is 39.9. The predicted molar refractivity (Wildman–Crippen MR) is 252 cm³/mol. The Kier molecular flexibility index (Phi) is 15.2. The number of ether oxygens (including phenoxy) is 1. The Morgan fingerprint density at radius 3 is 1.98 bits per heavy atom. The summed E-state index contributed by atoms with van der Waals surface area (Å²) in [7, 11) is -11.1. The lowest BCUT2D eigenvalue weighted by Gasteiger charge is -2.40. The van der Waals surface area contributed by atoms with Gasteiger partial charge in [-0.2, -0.15) is 3.71 Å². The number of rotatable bonds is 19. The van der Waals surface area contributed by atoms with Crippen molar-refractivity contribution in [2.45, 2.75) is 90.4 Å². The van der Waals surface area contributed by atoms with Crippen molar-refractivity contribution in [3.63, 3.8) is 0 Å². The number of hydrogen-bond acceptors (Lipinski definition) is 9. The summed E-state index contributed by atoms with van der Waals surface area (Å²) in [6.07, 6.45) is 1.96. The average Bonchev–Trinajstić information content (AvgIpc) is 3.17. The van der Waals surface area contributed by atoms with Crippen LogP contribution in [0.2, 0.25) is 18.1 Å². The highest BCUT2D eigenvalue weighted by Gasteiger charge is 2.40. The van der Waals surface area contributed by atoms with Crippen molar-refractivity contribution in [2.75, 3.05) is 22.8 Å². The van der Waals surface area contributed by atoms with Crippen LogP contribution in [0.5, 0.6) is 11.5 Å². The number of sulfonamides is 2. The number of nitrogens with zero attached hydrogens (tertiary/aromatic N) is 1. The molecule has 11 nitrogen and oxygen atoms in total. The van der Waals surface area contributed by atoms with Gasteiger partial charge in [-0.1, -0.05) is 112 Å². The fourth-order valence-corrected chi connectivity index (χ4v) is 11.1. The monoisotopic (exact) mass is 899 g/mol. The van der Waals surface area contributed by atoms with Gasteiger partial charge < -0.3 is 24.9 Å². The number of aromatic hydroxyl groups is 1. The van der Waals surface area contributed by atoms with Crippen LogP contribution in [-0.2, 0) is 55.3 Å². The number of phenolic OH excluding ortho intramolecular Hbond substituents is 1. The average molecular weight is 900 g/mol. The van der Waals surface area contributed by atoms with Gasteiger partial charge >= 0.3 is 0 Å². The second kappa shape index (κ2) is 19.6. The number of hydrogen-bond donors (Lipinski definition) is 3. The lowest BCUT2D eigenvalue weighted by atomic mass is 9.93. The predicted octanol–water partition coefficient (Wildman–Crippen LogP) is 8.90. The molecule has 0 radical (unpaired) electrons. The summed E-state index contributed by atoms with van der Waals surface area (Å²) in [5, 5.41) is 16.2. The largest absolute Gasteiger partial charge is 0.508 e. The molecule has 0 aromatic heterocycles. The van der Waals surface area contributed by atoms with Crippen molar-refractivity contribution in [3.05, 3.63) is 149 Å². The lowest BCUT2D eigenvalue weighted by molar-refractivity contribution is -0.120. The zero-order valence-electron chi connectivity index (χ0n) is 37.2. The molecular formula is C48H61N3O8S2Si. The van der Waals surface area contributed by atoms with Gasteiger partial charge in [-0.05, 0) is 108 Å². The molecule has 0 saturated carbocycles. The van der Waals surface area contributed by atoms with Crippen molar-refractivity contribution in [1.29, 1.82) is 0 Å². The van der Waals surface area contributed by atoms with Crippen LogP contribution in [0, 0.1) is 0 Å². The highest BCUT2D eigenvalue weighted by molar-refractivity contribution is 8.09. The topological polar surface area (TPSA) is 151 Å². The Balaban J connectivity index is 1.33. The van der Waals surface area contributed by atoms with E-state index in [1.54, 1.807) is 30.3 Å². The maximum atomic E-state index is 13.1. The summed E-state index contributed by atoms with van der Waals surface area (Å²) in [6.45, 7) is 15.7. The number of amides is 1. The van der Waals surface area contributed by atoms with E-state index >= 15 is 0 Å². The van der Waals surface area contributed by atoms with Crippen molar-refractivity contribution in [2.24, 2.45) is 0 Å². The Hall–Kier alpha value is -4.99. The SMILES string of the molecule is CC(C)(Cc1cccc(CC(=O)NCc2cccc(-c3ccc(O)cc3)c2)c1)NC[C@H](O[Si](C)(C)C(C)(C)C)c1ccc(OCc2ccccc2)c(N(S(C)(=O)=O)S(C)(=O)=O)c1. The molecule has 0 saturated heterocycles. The summed E-state index contributed by atoms with van der Waals surface area (Å²) in [5.41, 5.74) is 5.70. The van der Waals surface area contributed by atoms with E-state index in [4.69, 9.17) is 9.16 Å². The molecule has 5 aromatic rings. The van der Waals surface area contributed by atoms with Crippen LogP contribution in [0.3, 0.4) is 0 Å². The molecule has 1 atom stereocenters. The molecule has 62 heavy (non-hydrogen) atoms. The van der Waals surface area contributed by atoms with E-state index in [9.17, 15) is 26.7 Å². The number of carbonyl (C=O) groups excluding carboxylic acids is 1. The number of phenols is 1. The Bertz CT molecular complexity index is 2510. The van der Waals surface area contributed by atoms with Crippen LogP contribution in [-0.4, -0.2) is 60.8 Å². The molecule has 5 rings (SSSR count). The van der Waals surface area contributed by atoms with Gasteiger partial charge in [-0.3, -0.25) is 4.79 Å². The summed E-state index contributed by atoms with van der Waals surface area (Å²) in [5.74, 6) is 0.210. The smallest absolute Gasteiger partial charge is 0.245 e. The number of carbonyl (C=O) groups is 1. The molecule has 0 spiro atoms. The molecule has 0 bridgehead atoms. The highest BCUT2D eigenvalue weighted by Crippen LogP contribution is 2.42. The maximum Gasteiger partial charge on any atom is 0.245 e. The Morgan fingerprint density at radius 2 is 1.34 bits per heavy atom. The minimum absolute atomic E-state index is 0.0948. The molecule has 0 aliphatic rings. The summed E-state index contributed by atoms with van der Waals surface area (Å²) in [4.78, 5) is 13.1. The first kappa shape index (κ1) is 48.0. The van der Waals surface area contributed by atoms with Gasteiger partial charge in [-0.15, -0.1) is 0 Å². The molecule has 0 aliphatic heterocycles. The van der Waals surface area contributed by atoms with Crippen LogP contribution in [0.15, 0.2) is 121 Å². The standard InChI is InChI=1S/C48H61N3O8S2Si/c1-47(2,3)62(8,9)59-45(41-23-26-44(58-34-35-15-11-10-12-16-35)43(30-41)51(60(6,54)55)61(7,56)57)33-50-48(4,5)31-37-18-13-17-36(27-37)29-46(53)49-32-38-19-14-20-40(28-38)39-21-24-42(52)25-22-39/h10-28,30,45,50,52H,29,31-34H2,1-9H3,(H,49,53)/t45-/m0/s1. The van der Waals surface area contributed by atoms with Gasteiger partial charge in [0.1, 0.15) is 23.8 Å². The lowest BCUT2D eigenvalue weighted by Crippen LogP contribution is -2.47. The fraction of sp³-hybridized carbons (Fsp3) is 0.354. The molecular weight excluding hydrogens is 839 g/mol. The van der Waals surface area contributed by atoms with E-state index in [0.29, 0.717) is 28.8 Å². The first-order valence-corrected chi connectivity index (χ1v) is 27.2. The van der Waals surface area contributed by atoms with Crippen molar-refractivity contribution in [3.8, 4) is 22.6 Å². The molecule has 14 heteroatoms. The first-order valence-electron chi connectivity index (χ1n) is 20.6. The van der Waals surface area contributed by atoms with Gasteiger partial charge in [0.2, 0.25) is 26.0 Å².